The van der Waals surface area contributed by atoms with Crippen LogP contribution < -0.4 is 0 Å². The lowest BCUT2D eigenvalue weighted by Gasteiger charge is -2.25. The fourth-order valence-electron chi connectivity index (χ4n) is 1.67. The lowest BCUT2D eigenvalue weighted by Crippen LogP contribution is -2.21. The van der Waals surface area contributed by atoms with Crippen molar-refractivity contribution >= 4 is 0 Å². The summed E-state index contributed by atoms with van der Waals surface area (Å²) in [7, 11) is 0. The van der Waals surface area contributed by atoms with Gasteiger partial charge in [0.05, 0.1) is 24.3 Å². The molecule has 1 aliphatic carbocycles. The zero-order chi connectivity index (χ0) is 10.7. The van der Waals surface area contributed by atoms with Gasteiger partial charge in [-0.3, -0.25) is 0 Å². The Kier molecular flexibility index (Phi) is 3.03. The highest BCUT2D eigenvalue weighted by Crippen LogP contribution is 2.23. The molecule has 0 bridgehead atoms. The van der Waals surface area contributed by atoms with Crippen LogP contribution >= 0.6 is 0 Å². The Labute approximate surface area is 90.5 Å². The van der Waals surface area contributed by atoms with E-state index in [1.54, 1.807) is 0 Å². The number of hydrogen-bond donors (Lipinski definition) is 0. The zero-order valence-corrected chi connectivity index (χ0v) is 8.99. The Hall–Kier alpha value is -1.33. The van der Waals surface area contributed by atoms with Gasteiger partial charge in [0.2, 0.25) is 0 Å². The number of ether oxygens (including phenoxy) is 1. The minimum atomic E-state index is 0.472. The molecule has 15 heavy (non-hydrogen) atoms. The van der Waals surface area contributed by atoms with Gasteiger partial charge < -0.3 is 4.74 Å². The Morgan fingerprint density at radius 1 is 1.47 bits per heavy atom. The van der Waals surface area contributed by atoms with Crippen LogP contribution in [-0.4, -0.2) is 6.10 Å². The van der Waals surface area contributed by atoms with Crippen LogP contribution in [0.2, 0.25) is 0 Å². The third-order valence-corrected chi connectivity index (χ3v) is 3.00. The molecule has 1 aromatic carbocycles. The normalized spacial score (nSPS) is 15.7. The Morgan fingerprint density at radius 2 is 2.27 bits per heavy atom. The zero-order valence-electron chi connectivity index (χ0n) is 8.99. The van der Waals surface area contributed by atoms with E-state index in [4.69, 9.17) is 10.00 Å². The standard InChI is InChI=1S/C13H15NO/c1-10-7-11(8-14)5-6-12(10)9-15-13-3-2-4-13/h5-7,13H,2-4,9H2,1H3. The van der Waals surface area contributed by atoms with Crippen LogP contribution in [0.25, 0.3) is 0 Å². The van der Waals surface area contributed by atoms with E-state index < -0.39 is 0 Å². The third-order valence-electron chi connectivity index (χ3n) is 3.00. The number of hydrogen-bond acceptors (Lipinski definition) is 2. The summed E-state index contributed by atoms with van der Waals surface area (Å²) in [5, 5.41) is 8.74. The first-order chi connectivity index (χ1) is 7.29. The second-order valence-electron chi connectivity index (χ2n) is 4.12. The number of nitriles is 1. The molecule has 0 aliphatic heterocycles. The fourth-order valence-corrected chi connectivity index (χ4v) is 1.67. The highest BCUT2D eigenvalue weighted by molar-refractivity contribution is 5.37. The average Bonchev–Trinajstić information content (AvgIpc) is 2.18. The molecule has 1 aromatic rings. The van der Waals surface area contributed by atoms with Gasteiger partial charge in [-0.25, -0.2) is 0 Å². The second-order valence-corrected chi connectivity index (χ2v) is 4.12. The first kappa shape index (κ1) is 10.2. The molecule has 2 nitrogen and oxygen atoms in total. The minimum Gasteiger partial charge on any atom is -0.374 e. The van der Waals surface area contributed by atoms with Gasteiger partial charge in [0.25, 0.3) is 0 Å². The number of benzene rings is 1. The van der Waals surface area contributed by atoms with Crippen LogP contribution in [0.4, 0.5) is 0 Å². The van der Waals surface area contributed by atoms with Crippen LogP contribution in [0.15, 0.2) is 18.2 Å². The number of nitrogens with zero attached hydrogens (tertiary/aromatic N) is 1. The molecule has 1 saturated carbocycles. The van der Waals surface area contributed by atoms with Gasteiger partial charge in [0, 0.05) is 0 Å². The topological polar surface area (TPSA) is 33.0 Å². The maximum atomic E-state index is 8.74. The smallest absolute Gasteiger partial charge is 0.0991 e. The van der Waals surface area contributed by atoms with Crippen LogP contribution in [0.1, 0.15) is 36.0 Å². The number of aryl methyl sites for hydroxylation is 1. The summed E-state index contributed by atoms with van der Waals surface area (Å²) in [5.41, 5.74) is 3.06. The summed E-state index contributed by atoms with van der Waals surface area (Å²) in [5.74, 6) is 0. The molecular weight excluding hydrogens is 186 g/mol. The molecule has 78 valence electrons. The van der Waals surface area contributed by atoms with Gasteiger partial charge in [-0.1, -0.05) is 6.07 Å². The summed E-state index contributed by atoms with van der Waals surface area (Å²) in [6.07, 6.45) is 4.18. The van der Waals surface area contributed by atoms with E-state index in [0.29, 0.717) is 12.7 Å². The summed E-state index contributed by atoms with van der Waals surface area (Å²) in [4.78, 5) is 0. The van der Waals surface area contributed by atoms with Gasteiger partial charge in [-0.2, -0.15) is 5.26 Å². The Balaban J connectivity index is 1.98. The van der Waals surface area contributed by atoms with Crippen molar-refractivity contribution < 1.29 is 4.74 Å². The van der Waals surface area contributed by atoms with Crippen LogP contribution in [0.3, 0.4) is 0 Å². The van der Waals surface area contributed by atoms with Gasteiger partial charge in [-0.05, 0) is 49.4 Å². The van der Waals surface area contributed by atoms with Crippen molar-refractivity contribution in [3.63, 3.8) is 0 Å². The molecular formula is C13H15NO. The molecule has 0 unspecified atom stereocenters. The quantitative estimate of drug-likeness (QED) is 0.753. The molecule has 0 saturated heterocycles. The first-order valence-electron chi connectivity index (χ1n) is 5.41. The Morgan fingerprint density at radius 3 is 2.80 bits per heavy atom. The van der Waals surface area contributed by atoms with Crippen molar-refractivity contribution in [2.45, 2.75) is 38.9 Å². The molecule has 0 amide bonds. The third kappa shape index (κ3) is 2.37. The van der Waals surface area contributed by atoms with E-state index >= 15 is 0 Å². The van der Waals surface area contributed by atoms with Crippen LogP contribution in [0, 0.1) is 18.3 Å². The van der Waals surface area contributed by atoms with E-state index in [1.807, 2.05) is 25.1 Å². The number of rotatable bonds is 3. The van der Waals surface area contributed by atoms with E-state index in [0.717, 1.165) is 11.1 Å². The molecule has 0 aromatic heterocycles. The lowest BCUT2D eigenvalue weighted by atomic mass is 9.96. The monoisotopic (exact) mass is 201 g/mol. The molecule has 0 radical (unpaired) electrons. The van der Waals surface area contributed by atoms with Crippen molar-refractivity contribution in [2.24, 2.45) is 0 Å². The van der Waals surface area contributed by atoms with Crippen molar-refractivity contribution in [3.05, 3.63) is 34.9 Å². The molecule has 0 atom stereocenters. The van der Waals surface area contributed by atoms with Gasteiger partial charge >= 0.3 is 0 Å². The summed E-state index contributed by atoms with van der Waals surface area (Å²) in [6.45, 7) is 2.71. The van der Waals surface area contributed by atoms with Crippen LogP contribution in [-0.2, 0) is 11.3 Å². The molecule has 0 N–H and O–H groups in total. The highest BCUT2D eigenvalue weighted by Gasteiger charge is 2.17. The SMILES string of the molecule is Cc1cc(C#N)ccc1COC1CCC1. The maximum absolute atomic E-state index is 8.74. The maximum Gasteiger partial charge on any atom is 0.0991 e. The predicted molar refractivity (Wildman–Crippen MR) is 58.3 cm³/mol. The Bertz CT molecular complexity index is 388. The van der Waals surface area contributed by atoms with Crippen molar-refractivity contribution in [2.75, 3.05) is 0 Å². The molecule has 0 heterocycles. The average molecular weight is 201 g/mol. The van der Waals surface area contributed by atoms with E-state index in [-0.39, 0.29) is 0 Å². The molecule has 2 rings (SSSR count). The van der Waals surface area contributed by atoms with Crippen molar-refractivity contribution in [1.82, 2.24) is 0 Å². The summed E-state index contributed by atoms with van der Waals surface area (Å²) >= 11 is 0. The summed E-state index contributed by atoms with van der Waals surface area (Å²) in [6, 6.07) is 7.90. The lowest BCUT2D eigenvalue weighted by molar-refractivity contribution is -0.00885. The molecule has 1 aliphatic rings. The fraction of sp³-hybridized carbons (Fsp3) is 0.462. The van der Waals surface area contributed by atoms with Gasteiger partial charge in [-0.15, -0.1) is 0 Å². The van der Waals surface area contributed by atoms with E-state index in [1.165, 1.54) is 24.8 Å². The predicted octanol–water partition coefficient (Wildman–Crippen LogP) is 2.94. The van der Waals surface area contributed by atoms with E-state index in [2.05, 4.69) is 6.07 Å². The molecule has 1 fully saturated rings. The first-order valence-corrected chi connectivity index (χ1v) is 5.41. The second kappa shape index (κ2) is 4.46. The molecule has 0 spiro atoms. The molecule has 2 heteroatoms. The van der Waals surface area contributed by atoms with Gasteiger partial charge in [0.1, 0.15) is 0 Å². The van der Waals surface area contributed by atoms with Crippen molar-refractivity contribution in [1.29, 1.82) is 5.26 Å². The minimum absolute atomic E-state index is 0.472. The summed E-state index contributed by atoms with van der Waals surface area (Å²) < 4.78 is 5.74. The van der Waals surface area contributed by atoms with Crippen molar-refractivity contribution in [3.8, 4) is 6.07 Å². The van der Waals surface area contributed by atoms with Crippen LogP contribution in [0.5, 0.6) is 0 Å². The van der Waals surface area contributed by atoms with E-state index in [9.17, 15) is 0 Å². The largest absolute Gasteiger partial charge is 0.374 e. The van der Waals surface area contributed by atoms with Gasteiger partial charge in [0.15, 0.2) is 0 Å². The highest BCUT2D eigenvalue weighted by atomic mass is 16.5.